The van der Waals surface area contributed by atoms with E-state index >= 15 is 0 Å². The van der Waals surface area contributed by atoms with Crippen LogP contribution in [0.4, 0.5) is 4.79 Å². The fourth-order valence-electron chi connectivity index (χ4n) is 12.8. The average molecular weight is 1700 g/mol. The number of benzene rings is 4. The number of carbonyl (C=O) groups excluding carboxylic acids is 8. The van der Waals surface area contributed by atoms with Gasteiger partial charge in [-0.3, -0.25) is 48.4 Å². The molecule has 6 N–H and O–H groups in total. The molecule has 120 heavy (non-hydrogen) atoms. The Kier molecular flexibility index (Phi) is 42.3. The summed E-state index contributed by atoms with van der Waals surface area (Å²) >= 11 is 0. The van der Waals surface area contributed by atoms with Crippen molar-refractivity contribution in [2.75, 3.05) is 26.3 Å². The summed E-state index contributed by atoms with van der Waals surface area (Å²) in [6, 6.07) is 25.9. The summed E-state index contributed by atoms with van der Waals surface area (Å²) in [4.78, 5) is 120. The lowest BCUT2D eigenvalue weighted by atomic mass is 9.84. The highest BCUT2D eigenvalue weighted by Crippen LogP contribution is 2.39. The van der Waals surface area contributed by atoms with Crippen LogP contribution in [0.5, 0.6) is 11.5 Å². The quantitative estimate of drug-likeness (QED) is 0.0104. The van der Waals surface area contributed by atoms with Crippen molar-refractivity contribution in [2.24, 2.45) is 29.6 Å². The van der Waals surface area contributed by atoms with E-state index in [0.717, 1.165) is 52.6 Å². The number of nitrogens with one attached hydrogen (secondary N) is 5. The lowest BCUT2D eigenvalue weighted by molar-refractivity contribution is -0.155. The highest BCUT2D eigenvalue weighted by molar-refractivity contribution is 6.75. The van der Waals surface area contributed by atoms with Crippen molar-refractivity contribution in [1.82, 2.24) is 36.8 Å². The number of aliphatic carboxylic acids is 1. The number of carboxylic acid groups (broad SMARTS) is 1. The first-order valence-corrected chi connectivity index (χ1v) is 48.3. The van der Waals surface area contributed by atoms with Gasteiger partial charge in [-0.25, -0.2) is 15.6 Å². The molecule has 664 valence electrons. The van der Waals surface area contributed by atoms with Crippen molar-refractivity contribution < 1.29 is 80.8 Å². The maximum absolute atomic E-state index is 14.5. The van der Waals surface area contributed by atoms with Gasteiger partial charge in [-0.05, 0) is 211 Å². The van der Waals surface area contributed by atoms with Crippen LogP contribution in [-0.2, 0) is 88.1 Å². The summed E-state index contributed by atoms with van der Waals surface area (Å²) in [5, 5.41) is 20.2. The first-order valence-electron chi connectivity index (χ1n) is 42.5. The number of hydrogen-bond donors (Lipinski definition) is 6. The number of amides is 5. The van der Waals surface area contributed by atoms with Crippen molar-refractivity contribution in [2.45, 2.75) is 286 Å². The van der Waals surface area contributed by atoms with E-state index in [4.69, 9.17) is 37.6 Å². The van der Waals surface area contributed by atoms with Gasteiger partial charge in [-0.1, -0.05) is 174 Å². The largest absolute Gasteiger partial charge is 0.543 e. The van der Waals surface area contributed by atoms with Crippen molar-refractivity contribution >= 4 is 82.2 Å². The predicted octanol–water partition coefficient (Wildman–Crippen LogP) is 16.8. The van der Waals surface area contributed by atoms with Crippen LogP contribution >= 0.6 is 0 Å². The lowest BCUT2D eigenvalue weighted by Gasteiger charge is -2.36. The van der Waals surface area contributed by atoms with E-state index < -0.39 is 106 Å². The van der Waals surface area contributed by atoms with Crippen molar-refractivity contribution in [3.63, 3.8) is 0 Å². The SMILES string of the molecule is C=CCC[C@@H](OCC)[C@@H](C)C(=O)C[C@H](C(=O)N[C@@H](Cc1cccc(O[Si](C)(C)C(C)(C)C)c1)C(=O)N1CCC[C@@H](C(=O)OCc2cccc(C=C)c2)N1)C(C)C.C=CCC[C@@H](OCC)[C@@H](C)C(=O)O.C=Cc1cccc(COC(=O)[C@@H]2CCCN(C(=O)[C@H](Cc3cccc(O[Si](C)(C)C(C)(C)C)c3)NC(=O)[C@@H](NC(=O)OC(C)(C)C)C(C)C)N2)c1. The number of Topliss-reactive ketones (excluding diaryl/α,β-unsaturated/α-hetero) is 1. The molecular formula is C94H143N7O17Si2. The standard InChI is InChI=1S/C45H67N3O7Si.C39H58N4O7Si.C10H18O3/c1-12-15-24-41(53-14-3)32(6)40(49)29-37(31(4)5)42(50)46-39(28-34-20-17-22-36(27-34)55-56(10,11)45(7,8)9)43(51)48-25-18-23-38(47-48)44(52)54-30-35-21-16-19-33(13-2)26-35;1-12-27-16-13-18-29(22-27)25-48-36(46)31-20-15-21-43(42-31)35(45)32(40-34(44)33(26(2)3)41-37(47)49-38(4,5)6)24-28-17-14-19-30(23-28)50-51(10,11)39(7,8)9;1-4-6-7-9(13-5-2)8(3)10(11)12/h12-13,16-17,19-22,26-27,31-32,37-39,41,47H,1-2,14-15,18,23-25,28-30H2,3-11H3,(H,46,50);12-14,16-19,22-23,26,31-33,42H,1,15,20-21,24-25H2,2-11H3,(H,40,44)(H,41,47);4,8-9H,1,5-7H2,2-3H3,(H,11,12)/t32-,37-,38-,39-,41+;31-,32-,33-;8-,9-/m001/s1. The number of carboxylic acids is 1. The molecule has 0 unspecified atom stereocenters. The van der Waals surface area contributed by atoms with E-state index in [1.165, 1.54) is 10.0 Å². The number of hydrazine groups is 2. The molecular weight excluding hydrogens is 1560 g/mol. The summed E-state index contributed by atoms with van der Waals surface area (Å²) in [5.74, 6) is -4.13. The van der Waals surface area contributed by atoms with E-state index in [9.17, 15) is 43.2 Å². The second-order valence-corrected chi connectivity index (χ2v) is 45.3. The van der Waals surface area contributed by atoms with Gasteiger partial charge in [0, 0.05) is 57.4 Å². The first-order chi connectivity index (χ1) is 56.2. The van der Waals surface area contributed by atoms with E-state index in [-0.39, 0.29) is 84.2 Å². The molecule has 2 aliphatic heterocycles. The number of allylic oxidation sites excluding steroid dienone is 2. The van der Waals surface area contributed by atoms with Crippen LogP contribution in [0.25, 0.3) is 12.2 Å². The summed E-state index contributed by atoms with van der Waals surface area (Å²) in [5.41, 5.74) is 10.5. The van der Waals surface area contributed by atoms with E-state index in [1.54, 1.807) is 59.8 Å². The summed E-state index contributed by atoms with van der Waals surface area (Å²) in [6.07, 6.45) is 11.2. The normalized spacial score (nSPS) is 16.5. The molecule has 26 heteroatoms. The molecule has 10 atom stereocenters. The van der Waals surface area contributed by atoms with Crippen LogP contribution in [0.1, 0.15) is 209 Å². The highest BCUT2D eigenvalue weighted by atomic mass is 28.4. The van der Waals surface area contributed by atoms with Crippen LogP contribution in [0.15, 0.2) is 136 Å². The molecule has 4 aromatic rings. The topological polar surface area (TPSA) is 305 Å². The van der Waals surface area contributed by atoms with Gasteiger partial charge in [0.05, 0.1) is 18.1 Å². The second kappa shape index (κ2) is 49.1. The maximum atomic E-state index is 14.5. The number of rotatable bonds is 41. The Bertz CT molecular complexity index is 4030. The van der Waals surface area contributed by atoms with Gasteiger partial charge in [0.15, 0.2) is 0 Å². The van der Waals surface area contributed by atoms with Gasteiger partial charge in [0.2, 0.25) is 28.4 Å². The van der Waals surface area contributed by atoms with Crippen LogP contribution in [0, 0.1) is 29.6 Å². The highest BCUT2D eigenvalue weighted by Gasteiger charge is 2.43. The van der Waals surface area contributed by atoms with Crippen LogP contribution < -0.4 is 35.7 Å². The van der Waals surface area contributed by atoms with Gasteiger partial charge < -0.3 is 53.6 Å². The average Bonchev–Trinajstić information content (AvgIpc) is 0.820. The number of nitrogens with zero attached hydrogens (tertiary/aromatic N) is 2. The smallest absolute Gasteiger partial charge is 0.408 e. The molecule has 24 nitrogen and oxygen atoms in total. The fraction of sp³-hybridized carbons (Fsp3) is 0.564. The van der Waals surface area contributed by atoms with E-state index in [2.05, 4.69) is 121 Å². The molecule has 0 aromatic heterocycles. The molecule has 2 aliphatic rings. The van der Waals surface area contributed by atoms with Gasteiger partial charge in [-0.15, -0.1) is 13.2 Å². The minimum Gasteiger partial charge on any atom is -0.543 e. The number of alkyl carbamates (subject to hydrolysis) is 1. The van der Waals surface area contributed by atoms with Crippen LogP contribution in [0.2, 0.25) is 36.3 Å². The Balaban J connectivity index is 0.000000439. The molecule has 4 aromatic carbocycles. The first kappa shape index (κ1) is 103. The summed E-state index contributed by atoms with van der Waals surface area (Å²) < 4.78 is 41.1. The molecule has 2 saturated heterocycles. The Morgan fingerprint density at radius 3 is 1.31 bits per heavy atom. The summed E-state index contributed by atoms with van der Waals surface area (Å²) in [6.45, 7) is 58.5. The lowest BCUT2D eigenvalue weighted by Crippen LogP contribution is -2.62. The van der Waals surface area contributed by atoms with Gasteiger partial charge in [0.1, 0.15) is 66.3 Å². The van der Waals surface area contributed by atoms with Crippen molar-refractivity contribution in [1.29, 1.82) is 0 Å². The Morgan fingerprint density at radius 2 is 0.942 bits per heavy atom. The Labute approximate surface area is 718 Å². The zero-order valence-electron chi connectivity index (χ0n) is 75.7. The van der Waals surface area contributed by atoms with Gasteiger partial charge >= 0.3 is 24.0 Å². The Morgan fingerprint density at radius 1 is 0.542 bits per heavy atom. The molecule has 2 fully saturated rings. The third kappa shape index (κ3) is 34.5. The molecule has 0 spiro atoms. The number of carbonyl (C=O) groups is 9. The maximum Gasteiger partial charge on any atom is 0.408 e. The third-order valence-corrected chi connectivity index (χ3v) is 30.9. The second-order valence-electron chi connectivity index (χ2n) is 35.8. The van der Waals surface area contributed by atoms with Crippen LogP contribution in [0.3, 0.4) is 0 Å². The molecule has 0 bridgehead atoms. The van der Waals surface area contributed by atoms with Gasteiger partial charge in [-0.2, -0.15) is 0 Å². The molecule has 5 amide bonds. The van der Waals surface area contributed by atoms with Crippen molar-refractivity contribution in [3.8, 4) is 11.5 Å². The van der Waals surface area contributed by atoms with E-state index in [0.29, 0.717) is 69.9 Å². The number of ether oxygens (including phenoxy) is 5. The molecule has 0 saturated carbocycles. The Hall–Kier alpha value is -9.06. The zero-order chi connectivity index (χ0) is 90.0. The molecule has 2 heterocycles. The third-order valence-electron chi connectivity index (χ3n) is 22.1. The number of esters is 2. The molecule has 6 rings (SSSR count). The number of hydrogen-bond acceptors (Lipinski definition) is 18. The minimum absolute atomic E-state index is 0.0160. The predicted molar refractivity (Wildman–Crippen MR) is 480 cm³/mol. The zero-order valence-corrected chi connectivity index (χ0v) is 77.7. The van der Waals surface area contributed by atoms with Crippen molar-refractivity contribution in [3.05, 3.63) is 169 Å². The van der Waals surface area contributed by atoms with Crippen LogP contribution in [-0.4, -0.2) is 159 Å². The monoisotopic (exact) mass is 1700 g/mol. The molecule has 0 aliphatic carbocycles. The fourth-order valence-corrected chi connectivity index (χ4v) is 14.9. The summed E-state index contributed by atoms with van der Waals surface area (Å²) in [7, 11) is -4.31. The minimum atomic E-state index is -2.16. The molecule has 0 radical (unpaired) electrons. The number of ketones is 1. The van der Waals surface area contributed by atoms with Gasteiger partial charge in [0.25, 0.3) is 11.8 Å². The van der Waals surface area contributed by atoms with E-state index in [1.807, 2.05) is 138 Å².